The van der Waals surface area contributed by atoms with Crippen LogP contribution in [0.15, 0.2) is 36.8 Å². The highest BCUT2D eigenvalue weighted by atomic mass is 35.5. The summed E-state index contributed by atoms with van der Waals surface area (Å²) in [5.74, 6) is -0.930. The van der Waals surface area contributed by atoms with E-state index in [4.69, 9.17) is 23.2 Å². The van der Waals surface area contributed by atoms with Crippen LogP contribution in [-0.2, 0) is 4.79 Å². The number of amides is 3. The lowest BCUT2D eigenvalue weighted by Crippen LogP contribution is -2.55. The first-order valence-corrected chi connectivity index (χ1v) is 9.73. The van der Waals surface area contributed by atoms with Gasteiger partial charge in [-0.3, -0.25) is 19.4 Å². The Hall–Kier alpha value is -2.71. The fourth-order valence-electron chi connectivity index (χ4n) is 2.99. The smallest absolute Gasteiger partial charge is 0.274 e. The van der Waals surface area contributed by atoms with Crippen LogP contribution in [-0.4, -0.2) is 69.7 Å². The Morgan fingerprint density at radius 1 is 1.07 bits per heavy atom. The summed E-state index contributed by atoms with van der Waals surface area (Å²) in [7, 11) is 0. The summed E-state index contributed by atoms with van der Waals surface area (Å²) in [5.41, 5.74) is 0.476. The van der Waals surface area contributed by atoms with Crippen LogP contribution in [0.1, 0.15) is 27.8 Å². The molecule has 3 amide bonds. The van der Waals surface area contributed by atoms with Gasteiger partial charge in [0, 0.05) is 38.6 Å². The van der Waals surface area contributed by atoms with Crippen molar-refractivity contribution >= 4 is 40.9 Å². The molecule has 29 heavy (non-hydrogen) atoms. The van der Waals surface area contributed by atoms with Gasteiger partial charge in [0.1, 0.15) is 11.7 Å². The standard InChI is InChI=1S/C19H19Cl2N5O3/c1-12(24-17(27)13-3-2-4-14(20)16(13)21)18(28)25-7-9-26(10-8-25)19(29)15-11-22-5-6-23-15/h2-6,11-12H,7-10H2,1H3,(H,24,27). The number of rotatable bonds is 4. The Morgan fingerprint density at radius 3 is 2.41 bits per heavy atom. The third kappa shape index (κ3) is 4.83. The van der Waals surface area contributed by atoms with Crippen molar-refractivity contribution in [3.05, 3.63) is 58.1 Å². The molecule has 0 spiro atoms. The van der Waals surface area contributed by atoms with Gasteiger partial charge in [-0.05, 0) is 19.1 Å². The van der Waals surface area contributed by atoms with Crippen LogP contribution < -0.4 is 5.32 Å². The minimum atomic E-state index is -0.750. The highest BCUT2D eigenvalue weighted by molar-refractivity contribution is 6.43. The molecule has 1 fully saturated rings. The lowest BCUT2D eigenvalue weighted by molar-refractivity contribution is -0.134. The summed E-state index contributed by atoms with van der Waals surface area (Å²) in [5, 5.41) is 3.06. The molecule has 0 bridgehead atoms. The molecule has 0 radical (unpaired) electrons. The summed E-state index contributed by atoms with van der Waals surface area (Å²) in [6.07, 6.45) is 4.38. The first-order valence-electron chi connectivity index (χ1n) is 8.97. The first kappa shape index (κ1) is 21.0. The number of hydrogen-bond acceptors (Lipinski definition) is 5. The molecule has 3 rings (SSSR count). The van der Waals surface area contributed by atoms with Gasteiger partial charge in [0.2, 0.25) is 5.91 Å². The Balaban J connectivity index is 1.55. The van der Waals surface area contributed by atoms with E-state index in [9.17, 15) is 14.4 Å². The zero-order chi connectivity index (χ0) is 21.0. The van der Waals surface area contributed by atoms with Crippen molar-refractivity contribution in [2.45, 2.75) is 13.0 Å². The number of hydrogen-bond donors (Lipinski definition) is 1. The quantitative estimate of drug-likeness (QED) is 0.790. The molecule has 1 aromatic carbocycles. The van der Waals surface area contributed by atoms with E-state index in [0.717, 1.165) is 0 Å². The van der Waals surface area contributed by atoms with Crippen LogP contribution in [0.25, 0.3) is 0 Å². The molecule has 1 aromatic heterocycles. The number of piperazine rings is 1. The topological polar surface area (TPSA) is 95.5 Å². The van der Waals surface area contributed by atoms with E-state index in [1.807, 2.05) is 0 Å². The lowest BCUT2D eigenvalue weighted by Gasteiger charge is -2.35. The molecule has 2 aromatic rings. The van der Waals surface area contributed by atoms with Crippen LogP contribution >= 0.6 is 23.2 Å². The van der Waals surface area contributed by atoms with E-state index < -0.39 is 11.9 Å². The minimum Gasteiger partial charge on any atom is -0.340 e. The van der Waals surface area contributed by atoms with Gasteiger partial charge in [0.15, 0.2) is 0 Å². The predicted molar refractivity (Wildman–Crippen MR) is 108 cm³/mol. The number of nitrogens with zero attached hydrogens (tertiary/aromatic N) is 4. The van der Waals surface area contributed by atoms with E-state index >= 15 is 0 Å². The summed E-state index contributed by atoms with van der Waals surface area (Å²) < 4.78 is 0. The number of benzene rings is 1. The van der Waals surface area contributed by atoms with Gasteiger partial charge in [0.25, 0.3) is 11.8 Å². The van der Waals surface area contributed by atoms with Gasteiger partial charge in [-0.2, -0.15) is 0 Å². The Morgan fingerprint density at radius 2 is 1.76 bits per heavy atom. The highest BCUT2D eigenvalue weighted by Crippen LogP contribution is 2.25. The molecule has 10 heteroatoms. The molecular weight excluding hydrogens is 417 g/mol. The number of nitrogens with one attached hydrogen (secondary N) is 1. The Labute approximate surface area is 177 Å². The van der Waals surface area contributed by atoms with Crippen molar-refractivity contribution in [3.63, 3.8) is 0 Å². The predicted octanol–water partition coefficient (Wildman–Crippen LogP) is 1.89. The van der Waals surface area contributed by atoms with Gasteiger partial charge in [-0.1, -0.05) is 29.3 Å². The van der Waals surface area contributed by atoms with E-state index in [1.54, 1.807) is 28.9 Å². The van der Waals surface area contributed by atoms with Crippen molar-refractivity contribution in [2.24, 2.45) is 0 Å². The summed E-state index contributed by atoms with van der Waals surface area (Å²) in [4.78, 5) is 48.7. The molecule has 1 saturated heterocycles. The molecule has 1 aliphatic heterocycles. The van der Waals surface area contributed by atoms with E-state index in [0.29, 0.717) is 26.2 Å². The molecule has 1 N–H and O–H groups in total. The average molecular weight is 436 g/mol. The summed E-state index contributed by atoms with van der Waals surface area (Å²) in [6, 6.07) is 3.98. The monoisotopic (exact) mass is 435 g/mol. The van der Waals surface area contributed by atoms with Crippen molar-refractivity contribution in [2.75, 3.05) is 26.2 Å². The summed E-state index contributed by atoms with van der Waals surface area (Å²) in [6.45, 7) is 3.09. The first-order chi connectivity index (χ1) is 13.9. The molecule has 0 aliphatic carbocycles. The zero-order valence-electron chi connectivity index (χ0n) is 15.6. The molecule has 1 unspecified atom stereocenters. The maximum Gasteiger partial charge on any atom is 0.274 e. The number of halogens is 2. The minimum absolute atomic E-state index is 0.141. The largest absolute Gasteiger partial charge is 0.340 e. The van der Waals surface area contributed by atoms with Crippen LogP contribution in [0.5, 0.6) is 0 Å². The van der Waals surface area contributed by atoms with Crippen molar-refractivity contribution in [1.29, 1.82) is 0 Å². The van der Waals surface area contributed by atoms with E-state index in [-0.39, 0.29) is 33.1 Å². The molecule has 8 nitrogen and oxygen atoms in total. The second-order valence-electron chi connectivity index (χ2n) is 6.50. The Kier molecular flexibility index (Phi) is 6.66. The normalized spacial score (nSPS) is 15.0. The fourth-order valence-corrected chi connectivity index (χ4v) is 3.38. The zero-order valence-corrected chi connectivity index (χ0v) is 17.2. The van der Waals surface area contributed by atoms with Crippen LogP contribution in [0.4, 0.5) is 0 Å². The van der Waals surface area contributed by atoms with E-state index in [2.05, 4.69) is 15.3 Å². The SMILES string of the molecule is CC(NC(=O)c1cccc(Cl)c1Cl)C(=O)N1CCN(C(=O)c2cnccn2)CC1. The summed E-state index contributed by atoms with van der Waals surface area (Å²) >= 11 is 12.0. The Bertz CT molecular complexity index is 917. The second-order valence-corrected chi connectivity index (χ2v) is 7.29. The van der Waals surface area contributed by atoms with Crippen LogP contribution in [0.2, 0.25) is 10.0 Å². The van der Waals surface area contributed by atoms with Gasteiger partial charge in [-0.15, -0.1) is 0 Å². The molecule has 1 aliphatic rings. The maximum atomic E-state index is 12.7. The molecule has 0 saturated carbocycles. The fraction of sp³-hybridized carbons (Fsp3) is 0.316. The van der Waals surface area contributed by atoms with Gasteiger partial charge in [0.05, 0.1) is 21.8 Å². The number of carbonyl (C=O) groups is 3. The third-order valence-electron chi connectivity index (χ3n) is 4.58. The number of carbonyl (C=O) groups excluding carboxylic acids is 3. The number of aromatic nitrogens is 2. The van der Waals surface area contributed by atoms with Gasteiger partial charge in [-0.25, -0.2) is 4.98 Å². The lowest BCUT2D eigenvalue weighted by atomic mass is 10.2. The molecule has 2 heterocycles. The van der Waals surface area contributed by atoms with Gasteiger partial charge >= 0.3 is 0 Å². The third-order valence-corrected chi connectivity index (χ3v) is 5.39. The maximum absolute atomic E-state index is 12.7. The van der Waals surface area contributed by atoms with Crippen molar-refractivity contribution in [1.82, 2.24) is 25.1 Å². The van der Waals surface area contributed by atoms with Crippen LogP contribution in [0, 0.1) is 0 Å². The van der Waals surface area contributed by atoms with Crippen LogP contribution in [0.3, 0.4) is 0 Å². The van der Waals surface area contributed by atoms with E-state index in [1.165, 1.54) is 24.7 Å². The second kappa shape index (κ2) is 9.19. The molecule has 1 atom stereocenters. The van der Waals surface area contributed by atoms with Gasteiger partial charge < -0.3 is 15.1 Å². The average Bonchev–Trinajstić information content (AvgIpc) is 2.75. The molecular formula is C19H19Cl2N5O3. The van der Waals surface area contributed by atoms with Crippen molar-refractivity contribution in [3.8, 4) is 0 Å². The van der Waals surface area contributed by atoms with Crippen molar-refractivity contribution < 1.29 is 14.4 Å². The molecule has 152 valence electrons. The highest BCUT2D eigenvalue weighted by Gasteiger charge is 2.29.